The van der Waals surface area contributed by atoms with E-state index in [2.05, 4.69) is 0 Å². The molecular formula is C7H15B3F12KO2-3. The van der Waals surface area contributed by atoms with Gasteiger partial charge in [0.25, 0.3) is 0 Å². The van der Waals surface area contributed by atoms with Crippen molar-refractivity contribution in [1.82, 2.24) is 0 Å². The second-order valence-corrected chi connectivity index (χ2v) is 3.93. The van der Waals surface area contributed by atoms with Gasteiger partial charge in [-0.25, -0.2) is 0 Å². The van der Waals surface area contributed by atoms with Crippen LogP contribution in [-0.4, -0.2) is 48.2 Å². The molecule has 25 heavy (non-hydrogen) atoms. The van der Waals surface area contributed by atoms with Crippen molar-refractivity contribution in [2.75, 3.05) is 20.3 Å². The van der Waals surface area contributed by atoms with Gasteiger partial charge in [0.1, 0.15) is 0 Å². The van der Waals surface area contributed by atoms with Crippen LogP contribution in [0.5, 0.6) is 0 Å². The van der Waals surface area contributed by atoms with Gasteiger partial charge in [0.05, 0.1) is 12.7 Å². The Hall–Kier alpha value is 0.911. The Morgan fingerprint density at radius 3 is 1.32 bits per heavy atom. The van der Waals surface area contributed by atoms with Gasteiger partial charge >= 0.3 is 73.1 Å². The standard InChI is InChI=1S/C7H14O2.3BF4.K.H/c1-8-6-7-4-2-3-5-9-7;3*2-1(3,4)5;;/h7H,2-6H2,1H3;;;;;/q;3*-1;+1;-1. The van der Waals surface area contributed by atoms with Crippen LogP contribution < -0.4 is 51.4 Å². The Balaban J connectivity index is -0.0000000771. The Kier molecular flexibility index (Phi) is 22.8. The summed E-state index contributed by atoms with van der Waals surface area (Å²) in [6.45, 7) is 1.69. The Bertz CT molecular complexity index is 238. The molecule has 0 aromatic heterocycles. The van der Waals surface area contributed by atoms with Gasteiger partial charge < -0.3 is 62.7 Å². The van der Waals surface area contributed by atoms with E-state index in [0.29, 0.717) is 6.10 Å². The number of hydrogen-bond donors (Lipinski definition) is 0. The van der Waals surface area contributed by atoms with Crippen LogP contribution in [0.2, 0.25) is 0 Å². The zero-order chi connectivity index (χ0) is 20.0. The van der Waals surface area contributed by atoms with Crippen molar-refractivity contribution in [1.29, 1.82) is 0 Å². The largest absolute Gasteiger partial charge is 1.00 e. The third kappa shape index (κ3) is 92.2. The van der Waals surface area contributed by atoms with E-state index in [4.69, 9.17) is 9.47 Å². The molecule has 1 aliphatic rings. The van der Waals surface area contributed by atoms with E-state index >= 15 is 0 Å². The molecule has 1 atom stereocenters. The molecule has 1 unspecified atom stereocenters. The topological polar surface area (TPSA) is 18.5 Å². The first kappa shape index (κ1) is 33.5. The van der Waals surface area contributed by atoms with Crippen LogP contribution in [0, 0.1) is 0 Å². The maximum atomic E-state index is 9.75. The molecule has 1 saturated heterocycles. The second kappa shape index (κ2) is 17.0. The summed E-state index contributed by atoms with van der Waals surface area (Å²) in [6, 6.07) is 0. The summed E-state index contributed by atoms with van der Waals surface area (Å²) in [4.78, 5) is 0. The van der Waals surface area contributed by atoms with Gasteiger partial charge in [0, 0.05) is 13.7 Å². The summed E-state index contributed by atoms with van der Waals surface area (Å²) in [5.74, 6) is 0. The average molecular weight is 431 g/mol. The molecule has 0 bridgehead atoms. The number of halogens is 12. The maximum Gasteiger partial charge on any atom is 1.00 e. The van der Waals surface area contributed by atoms with Gasteiger partial charge in [-0.2, -0.15) is 0 Å². The zero-order valence-electron chi connectivity index (χ0n) is 14.2. The molecule has 0 aliphatic carbocycles. The summed E-state index contributed by atoms with van der Waals surface area (Å²) in [7, 11) is -16.3. The summed E-state index contributed by atoms with van der Waals surface area (Å²) >= 11 is 0. The minimum atomic E-state index is -6.00. The van der Waals surface area contributed by atoms with Crippen LogP contribution >= 0.6 is 0 Å². The van der Waals surface area contributed by atoms with Crippen LogP contribution in [0.25, 0.3) is 0 Å². The number of methoxy groups -OCH3 is 1. The van der Waals surface area contributed by atoms with Crippen LogP contribution in [0.4, 0.5) is 51.8 Å². The molecule has 0 amide bonds. The Morgan fingerprint density at radius 1 is 0.800 bits per heavy atom. The summed E-state index contributed by atoms with van der Waals surface area (Å²) in [5, 5.41) is 0. The molecule has 0 N–H and O–H groups in total. The van der Waals surface area contributed by atoms with E-state index < -0.39 is 21.8 Å². The van der Waals surface area contributed by atoms with Crippen molar-refractivity contribution in [2.24, 2.45) is 0 Å². The molecule has 152 valence electrons. The summed E-state index contributed by atoms with van der Waals surface area (Å²) in [6.07, 6.45) is 4.07. The normalized spacial score (nSPS) is 17.4. The minimum absolute atomic E-state index is 0. The van der Waals surface area contributed by atoms with Crippen LogP contribution in [0.1, 0.15) is 20.7 Å². The second-order valence-electron chi connectivity index (χ2n) is 3.93. The molecule has 0 aromatic rings. The van der Waals surface area contributed by atoms with Gasteiger partial charge in [-0.15, -0.1) is 0 Å². The van der Waals surface area contributed by atoms with Crippen molar-refractivity contribution in [2.45, 2.75) is 25.4 Å². The smallest absolute Gasteiger partial charge is 1.00 e. The SMILES string of the molecule is COCC1CCCCO1.F[B-](F)(F)F.F[B-](F)(F)F.F[B-](F)(F)F.[H-].[K+]. The predicted octanol–water partition coefficient (Wildman–Crippen LogP) is 2.22. The third-order valence-corrected chi connectivity index (χ3v) is 1.63. The Morgan fingerprint density at radius 2 is 1.12 bits per heavy atom. The van der Waals surface area contributed by atoms with E-state index in [1.165, 1.54) is 19.3 Å². The van der Waals surface area contributed by atoms with Crippen LogP contribution in [0.3, 0.4) is 0 Å². The first-order chi connectivity index (χ1) is 10.4. The van der Waals surface area contributed by atoms with Crippen molar-refractivity contribution in [3.05, 3.63) is 0 Å². The fourth-order valence-corrected chi connectivity index (χ4v) is 1.12. The van der Waals surface area contributed by atoms with Crippen LogP contribution in [-0.2, 0) is 9.47 Å². The molecule has 1 heterocycles. The average Bonchev–Trinajstić information content (AvgIpc) is 2.23. The number of hydrogen-bond acceptors (Lipinski definition) is 2. The molecular weight excluding hydrogens is 416 g/mol. The van der Waals surface area contributed by atoms with E-state index in [-0.39, 0.29) is 52.8 Å². The van der Waals surface area contributed by atoms with Crippen molar-refractivity contribution in [3.63, 3.8) is 0 Å². The molecule has 0 radical (unpaired) electrons. The monoisotopic (exact) mass is 431 g/mol. The van der Waals surface area contributed by atoms with Gasteiger partial charge in [-0.1, -0.05) is 0 Å². The van der Waals surface area contributed by atoms with Gasteiger partial charge in [-0.3, -0.25) is 0 Å². The van der Waals surface area contributed by atoms with Crippen molar-refractivity contribution >= 4 is 21.8 Å². The predicted molar refractivity (Wildman–Crippen MR) is 67.1 cm³/mol. The Labute approximate surface area is 180 Å². The fourth-order valence-electron chi connectivity index (χ4n) is 1.12. The van der Waals surface area contributed by atoms with E-state index in [9.17, 15) is 51.8 Å². The number of ether oxygens (including phenoxy) is 2. The van der Waals surface area contributed by atoms with Crippen LogP contribution in [0.15, 0.2) is 0 Å². The molecule has 18 heteroatoms. The van der Waals surface area contributed by atoms with Crippen molar-refractivity contribution < 1.29 is 114 Å². The van der Waals surface area contributed by atoms with E-state index in [1.807, 2.05) is 0 Å². The molecule has 0 aromatic carbocycles. The minimum Gasteiger partial charge on any atom is -1.00 e. The quantitative estimate of drug-likeness (QED) is 0.494. The molecule has 1 rings (SSSR count). The van der Waals surface area contributed by atoms with Gasteiger partial charge in [0.15, 0.2) is 0 Å². The van der Waals surface area contributed by atoms with Gasteiger partial charge in [-0.05, 0) is 19.3 Å². The zero-order valence-corrected chi connectivity index (χ0v) is 16.3. The summed E-state index contributed by atoms with van der Waals surface area (Å²) in [5.41, 5.74) is 0. The first-order valence-electron chi connectivity index (χ1n) is 6.16. The van der Waals surface area contributed by atoms with E-state index in [1.54, 1.807) is 7.11 Å². The van der Waals surface area contributed by atoms with E-state index in [0.717, 1.165) is 13.2 Å². The third-order valence-electron chi connectivity index (χ3n) is 1.63. The molecule has 1 fully saturated rings. The molecule has 0 saturated carbocycles. The van der Waals surface area contributed by atoms with Crippen molar-refractivity contribution in [3.8, 4) is 0 Å². The maximum absolute atomic E-state index is 9.75. The first-order valence-corrected chi connectivity index (χ1v) is 6.16. The number of rotatable bonds is 2. The molecule has 1 aliphatic heterocycles. The molecule has 2 nitrogen and oxygen atoms in total. The fraction of sp³-hybridized carbons (Fsp3) is 1.00. The summed E-state index contributed by atoms with van der Waals surface area (Å²) < 4.78 is 127. The van der Waals surface area contributed by atoms with Gasteiger partial charge in [0.2, 0.25) is 0 Å². The molecule has 0 spiro atoms.